The van der Waals surface area contributed by atoms with Crippen molar-refractivity contribution in [3.05, 3.63) is 32.6 Å². The summed E-state index contributed by atoms with van der Waals surface area (Å²) < 4.78 is 1.64. The molecule has 92 valence electrons. The van der Waals surface area contributed by atoms with Crippen LogP contribution in [-0.2, 0) is 0 Å². The third kappa shape index (κ3) is 1.42. The highest BCUT2D eigenvalue weighted by molar-refractivity contribution is 5.13. The molecule has 2 N–H and O–H groups in total. The molecule has 1 heterocycles. The van der Waals surface area contributed by atoms with Gasteiger partial charge in [0, 0.05) is 24.4 Å². The molecule has 0 saturated heterocycles. The first-order valence-electron chi connectivity index (χ1n) is 6.00. The fourth-order valence-electron chi connectivity index (χ4n) is 3.27. The zero-order valence-electron chi connectivity index (χ0n) is 9.77. The Morgan fingerprint density at radius 2 is 2.35 bits per heavy atom. The van der Waals surface area contributed by atoms with E-state index in [4.69, 9.17) is 0 Å². The molecular weight excluding hydrogens is 220 g/mol. The number of rotatable bonds is 2. The molecule has 0 aromatic carbocycles. The summed E-state index contributed by atoms with van der Waals surface area (Å²) in [6.07, 6.45) is 4.54. The van der Waals surface area contributed by atoms with Crippen molar-refractivity contribution in [3.8, 4) is 0 Å². The number of hydrogen-bond acceptors (Lipinski definition) is 3. The minimum Gasteiger partial charge on any atom is -0.396 e. The number of aryl methyl sites for hydroxylation is 1. The molecule has 0 radical (unpaired) electrons. The number of fused-ring (bicyclic) bond motifs is 1. The number of aromatic amines is 1. The van der Waals surface area contributed by atoms with Crippen molar-refractivity contribution in [3.63, 3.8) is 0 Å². The minimum atomic E-state index is -0.328. The molecule has 2 fully saturated rings. The second-order valence-corrected chi connectivity index (χ2v) is 5.42. The Bertz CT molecular complexity index is 574. The van der Waals surface area contributed by atoms with Crippen LogP contribution >= 0.6 is 0 Å². The van der Waals surface area contributed by atoms with Crippen LogP contribution in [0.4, 0.5) is 0 Å². The van der Waals surface area contributed by atoms with Crippen LogP contribution in [0.25, 0.3) is 0 Å². The van der Waals surface area contributed by atoms with Gasteiger partial charge in [0.1, 0.15) is 0 Å². The average Bonchev–Trinajstić information content (AvgIpc) is 2.92. The van der Waals surface area contributed by atoms with Crippen molar-refractivity contribution >= 4 is 0 Å². The SMILES string of the molecule is Cc1cn([C@H]2CC[C@]3(CO)C[C@H]23)c(=O)[nH]c1=O. The number of aromatic nitrogens is 2. The number of aliphatic hydroxyl groups is 1. The predicted molar refractivity (Wildman–Crippen MR) is 62.0 cm³/mol. The third-order valence-electron chi connectivity index (χ3n) is 4.47. The van der Waals surface area contributed by atoms with Crippen LogP contribution in [-0.4, -0.2) is 21.3 Å². The summed E-state index contributed by atoms with van der Waals surface area (Å²) in [5, 5.41) is 9.35. The average molecular weight is 236 g/mol. The van der Waals surface area contributed by atoms with Gasteiger partial charge >= 0.3 is 5.69 Å². The predicted octanol–water partition coefficient (Wildman–Crippen LogP) is 0.179. The van der Waals surface area contributed by atoms with Crippen molar-refractivity contribution in [2.75, 3.05) is 6.61 Å². The van der Waals surface area contributed by atoms with Gasteiger partial charge in [0.05, 0.1) is 0 Å². The molecular formula is C12H16N2O3. The minimum absolute atomic E-state index is 0.0636. The van der Waals surface area contributed by atoms with E-state index in [-0.39, 0.29) is 29.3 Å². The van der Waals surface area contributed by atoms with Crippen LogP contribution in [0, 0.1) is 18.3 Å². The molecule has 2 saturated carbocycles. The molecule has 17 heavy (non-hydrogen) atoms. The second kappa shape index (κ2) is 3.32. The summed E-state index contributed by atoms with van der Waals surface area (Å²) in [7, 11) is 0. The maximum absolute atomic E-state index is 11.8. The van der Waals surface area contributed by atoms with Gasteiger partial charge in [-0.15, -0.1) is 0 Å². The van der Waals surface area contributed by atoms with Crippen molar-refractivity contribution < 1.29 is 5.11 Å². The molecule has 3 rings (SSSR count). The normalized spacial score (nSPS) is 34.7. The van der Waals surface area contributed by atoms with Gasteiger partial charge in [-0.1, -0.05) is 0 Å². The van der Waals surface area contributed by atoms with Gasteiger partial charge in [0.2, 0.25) is 0 Å². The van der Waals surface area contributed by atoms with E-state index in [1.165, 1.54) is 0 Å². The van der Waals surface area contributed by atoms with Crippen molar-refractivity contribution in [1.82, 2.24) is 9.55 Å². The topological polar surface area (TPSA) is 75.1 Å². The lowest BCUT2D eigenvalue weighted by Crippen LogP contribution is -2.33. The Hall–Kier alpha value is -1.36. The molecule has 2 aliphatic carbocycles. The summed E-state index contributed by atoms with van der Waals surface area (Å²) in [4.78, 5) is 25.4. The van der Waals surface area contributed by atoms with Crippen LogP contribution in [0.3, 0.4) is 0 Å². The zero-order chi connectivity index (χ0) is 12.2. The number of hydrogen-bond donors (Lipinski definition) is 2. The molecule has 3 atom stereocenters. The van der Waals surface area contributed by atoms with Gasteiger partial charge in [-0.2, -0.15) is 0 Å². The maximum Gasteiger partial charge on any atom is 0.328 e. The number of H-pyrrole nitrogens is 1. The quantitative estimate of drug-likeness (QED) is 0.769. The van der Waals surface area contributed by atoms with E-state index < -0.39 is 0 Å². The van der Waals surface area contributed by atoms with Crippen molar-refractivity contribution in [1.29, 1.82) is 0 Å². The Balaban J connectivity index is 2.00. The molecule has 5 nitrogen and oxygen atoms in total. The fourth-order valence-corrected chi connectivity index (χ4v) is 3.27. The Kier molecular flexibility index (Phi) is 2.10. The van der Waals surface area contributed by atoms with Gasteiger partial charge in [-0.05, 0) is 37.5 Å². The van der Waals surface area contributed by atoms with Gasteiger partial charge in [0.25, 0.3) is 5.56 Å². The fraction of sp³-hybridized carbons (Fsp3) is 0.667. The zero-order valence-corrected chi connectivity index (χ0v) is 9.77. The number of nitrogens with one attached hydrogen (secondary N) is 1. The van der Waals surface area contributed by atoms with E-state index in [1.54, 1.807) is 17.7 Å². The van der Waals surface area contributed by atoms with E-state index in [0.29, 0.717) is 11.5 Å². The number of aliphatic hydroxyl groups excluding tert-OH is 1. The van der Waals surface area contributed by atoms with Crippen LogP contribution in [0.1, 0.15) is 30.9 Å². The Labute approximate surface area is 98.1 Å². The second-order valence-electron chi connectivity index (χ2n) is 5.42. The Morgan fingerprint density at radius 3 is 2.94 bits per heavy atom. The lowest BCUT2D eigenvalue weighted by Gasteiger charge is -2.15. The van der Waals surface area contributed by atoms with E-state index >= 15 is 0 Å². The first kappa shape index (κ1) is 10.8. The van der Waals surface area contributed by atoms with Gasteiger partial charge < -0.3 is 5.11 Å². The molecule has 5 heteroatoms. The summed E-state index contributed by atoms with van der Waals surface area (Å²) in [6.45, 7) is 1.92. The standard InChI is InChI=1S/C12H16N2O3/c1-7-5-14(11(17)13-10(7)16)9-2-3-12(6-15)4-8(9)12/h5,8-9,15H,2-4,6H2,1H3,(H,13,16,17)/t8-,9+,12-/m1/s1. The van der Waals surface area contributed by atoms with Gasteiger partial charge in [-0.3, -0.25) is 14.3 Å². The summed E-state index contributed by atoms with van der Waals surface area (Å²) in [6, 6.07) is 0.144. The van der Waals surface area contributed by atoms with E-state index in [9.17, 15) is 14.7 Å². The van der Waals surface area contributed by atoms with Crippen LogP contribution < -0.4 is 11.2 Å². The molecule has 1 aromatic heterocycles. The van der Waals surface area contributed by atoms with Crippen molar-refractivity contribution in [2.24, 2.45) is 11.3 Å². The summed E-state index contributed by atoms with van der Waals surface area (Å²) in [5.41, 5.74) is -0.0137. The molecule has 1 aromatic rings. The highest BCUT2D eigenvalue weighted by Gasteiger charge is 2.61. The van der Waals surface area contributed by atoms with E-state index in [2.05, 4.69) is 4.98 Å². The molecule has 0 spiro atoms. The van der Waals surface area contributed by atoms with E-state index in [1.807, 2.05) is 0 Å². The van der Waals surface area contributed by atoms with Crippen LogP contribution in [0.5, 0.6) is 0 Å². The van der Waals surface area contributed by atoms with Crippen molar-refractivity contribution in [2.45, 2.75) is 32.2 Å². The Morgan fingerprint density at radius 1 is 1.59 bits per heavy atom. The van der Waals surface area contributed by atoms with Gasteiger partial charge in [-0.25, -0.2) is 4.79 Å². The third-order valence-corrected chi connectivity index (χ3v) is 4.47. The first-order valence-corrected chi connectivity index (χ1v) is 6.00. The molecule has 0 unspecified atom stereocenters. The smallest absolute Gasteiger partial charge is 0.328 e. The maximum atomic E-state index is 11.8. The monoisotopic (exact) mass is 236 g/mol. The molecule has 0 aliphatic heterocycles. The lowest BCUT2D eigenvalue weighted by atomic mass is 10.1. The highest BCUT2D eigenvalue weighted by Crippen LogP contribution is 2.66. The van der Waals surface area contributed by atoms with E-state index in [0.717, 1.165) is 19.3 Å². The molecule has 2 aliphatic rings. The number of nitrogens with zero attached hydrogens (tertiary/aromatic N) is 1. The summed E-state index contributed by atoms with van der Waals surface area (Å²) >= 11 is 0. The largest absolute Gasteiger partial charge is 0.396 e. The van der Waals surface area contributed by atoms with Crippen LogP contribution in [0.2, 0.25) is 0 Å². The molecule has 0 bridgehead atoms. The first-order chi connectivity index (χ1) is 8.07. The summed E-state index contributed by atoms with van der Waals surface area (Å²) in [5.74, 6) is 0.399. The lowest BCUT2D eigenvalue weighted by molar-refractivity contribution is 0.205. The highest BCUT2D eigenvalue weighted by atomic mass is 16.3. The van der Waals surface area contributed by atoms with Gasteiger partial charge in [0.15, 0.2) is 0 Å². The van der Waals surface area contributed by atoms with Crippen LogP contribution in [0.15, 0.2) is 15.8 Å². The molecule has 0 amide bonds.